The average molecular weight is 423 g/mol. The molecule has 2 aromatic rings. The zero-order valence-corrected chi connectivity index (χ0v) is 15.0. The second kappa shape index (κ2) is 7.02. The van der Waals surface area contributed by atoms with Crippen molar-refractivity contribution in [1.29, 1.82) is 0 Å². The normalized spacial score (nSPS) is 12.4. The average Bonchev–Trinajstić information content (AvgIpc) is 2.85. The van der Waals surface area contributed by atoms with Gasteiger partial charge in [-0.3, -0.25) is 0 Å². The molecule has 0 spiro atoms. The number of hydrogen-bond donors (Lipinski definition) is 1. The summed E-state index contributed by atoms with van der Waals surface area (Å²) < 4.78 is 20.5. The van der Waals surface area contributed by atoms with Crippen LogP contribution in [0.2, 0.25) is 0 Å². The van der Waals surface area contributed by atoms with E-state index in [1.807, 2.05) is 18.4 Å². The highest BCUT2D eigenvalue weighted by Gasteiger charge is 2.22. The van der Waals surface area contributed by atoms with Gasteiger partial charge in [-0.05, 0) is 55.9 Å². The van der Waals surface area contributed by atoms with Crippen LogP contribution in [0.15, 0.2) is 32.5 Å². The van der Waals surface area contributed by atoms with Crippen LogP contribution in [-0.4, -0.2) is 13.7 Å². The van der Waals surface area contributed by atoms with Crippen molar-refractivity contribution in [2.24, 2.45) is 0 Å². The van der Waals surface area contributed by atoms with Crippen LogP contribution >= 0.6 is 43.2 Å². The van der Waals surface area contributed by atoms with E-state index in [2.05, 4.69) is 37.2 Å². The molecule has 2 nitrogen and oxygen atoms in total. The summed E-state index contributed by atoms with van der Waals surface area (Å²) in [4.78, 5) is 1.14. The lowest BCUT2D eigenvalue weighted by Gasteiger charge is -2.21. The summed E-state index contributed by atoms with van der Waals surface area (Å²) in [6.45, 7) is 2.84. The van der Waals surface area contributed by atoms with Gasteiger partial charge in [-0.25, -0.2) is 4.39 Å². The van der Waals surface area contributed by atoms with E-state index in [-0.39, 0.29) is 11.9 Å². The maximum Gasteiger partial charge on any atom is 0.141 e. The predicted octanol–water partition coefficient (Wildman–Crippen LogP) is 5.12. The van der Waals surface area contributed by atoms with E-state index in [0.717, 1.165) is 21.5 Å². The molecule has 0 fully saturated rings. The van der Waals surface area contributed by atoms with Gasteiger partial charge in [-0.2, -0.15) is 0 Å². The van der Waals surface area contributed by atoms with Gasteiger partial charge in [-0.15, -0.1) is 11.3 Å². The number of ether oxygens (including phenoxy) is 1. The molecule has 108 valence electrons. The zero-order chi connectivity index (χ0) is 14.7. The van der Waals surface area contributed by atoms with Crippen molar-refractivity contribution >= 4 is 43.2 Å². The lowest BCUT2D eigenvalue weighted by Crippen LogP contribution is -2.22. The standard InChI is InChI=1S/C14H14Br2FNOS/c1-3-18-13(14-9(15)4-5-20-14)8-6-10(16)11(17)7-12(8)19-2/h4-7,13,18H,3H2,1-2H3. The number of halogens is 3. The Bertz CT molecular complexity index is 603. The third-order valence-electron chi connectivity index (χ3n) is 2.90. The Morgan fingerprint density at radius 2 is 2.10 bits per heavy atom. The van der Waals surface area contributed by atoms with Crippen LogP contribution in [0.1, 0.15) is 23.4 Å². The van der Waals surface area contributed by atoms with Crippen LogP contribution in [0.5, 0.6) is 5.75 Å². The quantitative estimate of drug-likeness (QED) is 0.721. The smallest absolute Gasteiger partial charge is 0.141 e. The minimum Gasteiger partial charge on any atom is -0.496 e. The van der Waals surface area contributed by atoms with Gasteiger partial charge in [0, 0.05) is 21.0 Å². The summed E-state index contributed by atoms with van der Waals surface area (Å²) in [6.07, 6.45) is 0. The molecule has 0 aliphatic carbocycles. The highest BCUT2D eigenvalue weighted by atomic mass is 79.9. The molecule has 1 heterocycles. The summed E-state index contributed by atoms with van der Waals surface area (Å²) >= 11 is 8.45. The van der Waals surface area contributed by atoms with Crippen LogP contribution in [-0.2, 0) is 0 Å². The van der Waals surface area contributed by atoms with E-state index in [1.165, 1.54) is 6.07 Å². The van der Waals surface area contributed by atoms with Crippen molar-refractivity contribution in [3.8, 4) is 5.75 Å². The first-order valence-corrected chi connectivity index (χ1v) is 8.54. The molecule has 1 N–H and O–H groups in total. The van der Waals surface area contributed by atoms with Gasteiger partial charge in [0.25, 0.3) is 0 Å². The maximum absolute atomic E-state index is 13.7. The van der Waals surface area contributed by atoms with Gasteiger partial charge < -0.3 is 10.1 Å². The number of benzene rings is 1. The van der Waals surface area contributed by atoms with E-state index in [0.29, 0.717) is 10.2 Å². The van der Waals surface area contributed by atoms with Crippen molar-refractivity contribution in [2.75, 3.05) is 13.7 Å². The molecule has 0 saturated heterocycles. The molecule has 1 aromatic heterocycles. The monoisotopic (exact) mass is 421 g/mol. The summed E-state index contributed by atoms with van der Waals surface area (Å²) in [5, 5.41) is 5.44. The molecule has 0 aliphatic heterocycles. The summed E-state index contributed by atoms with van der Waals surface area (Å²) in [5.74, 6) is 0.211. The Balaban J connectivity index is 2.55. The highest BCUT2D eigenvalue weighted by Crippen LogP contribution is 2.38. The zero-order valence-electron chi connectivity index (χ0n) is 11.0. The SMILES string of the molecule is CCNC(c1cc(Br)c(F)cc1OC)c1sccc1Br. The third-order valence-corrected chi connectivity index (χ3v) is 5.44. The fourth-order valence-corrected chi connectivity index (χ4v) is 4.06. The molecule has 0 saturated carbocycles. The number of rotatable bonds is 5. The molecule has 6 heteroatoms. The molecular formula is C14H14Br2FNOS. The topological polar surface area (TPSA) is 21.3 Å². The maximum atomic E-state index is 13.7. The van der Waals surface area contributed by atoms with Crippen LogP contribution < -0.4 is 10.1 Å². The van der Waals surface area contributed by atoms with Crippen LogP contribution in [0, 0.1) is 5.82 Å². The predicted molar refractivity (Wildman–Crippen MR) is 88.2 cm³/mol. The van der Waals surface area contributed by atoms with E-state index in [1.54, 1.807) is 24.5 Å². The van der Waals surface area contributed by atoms with Crippen LogP contribution in [0.25, 0.3) is 0 Å². The Morgan fingerprint density at radius 1 is 1.35 bits per heavy atom. The number of thiophene rings is 1. The minimum absolute atomic E-state index is 0.0405. The molecule has 1 atom stereocenters. The van der Waals surface area contributed by atoms with E-state index in [9.17, 15) is 4.39 Å². The molecule has 0 aliphatic rings. The van der Waals surface area contributed by atoms with Crippen molar-refractivity contribution < 1.29 is 9.13 Å². The van der Waals surface area contributed by atoms with Crippen LogP contribution in [0.4, 0.5) is 4.39 Å². The van der Waals surface area contributed by atoms with Gasteiger partial charge in [0.1, 0.15) is 11.6 Å². The highest BCUT2D eigenvalue weighted by molar-refractivity contribution is 9.10. The van der Waals surface area contributed by atoms with Gasteiger partial charge in [0.2, 0.25) is 0 Å². The first kappa shape index (κ1) is 15.9. The Labute approximate surface area is 138 Å². The van der Waals surface area contributed by atoms with Crippen molar-refractivity contribution in [2.45, 2.75) is 13.0 Å². The van der Waals surface area contributed by atoms with Crippen LogP contribution in [0.3, 0.4) is 0 Å². The summed E-state index contributed by atoms with van der Waals surface area (Å²) in [5.41, 5.74) is 0.908. The second-order valence-corrected chi connectivity index (χ2v) is 6.79. The fraction of sp³-hybridized carbons (Fsp3) is 0.286. The molecule has 2 rings (SSSR count). The van der Waals surface area contributed by atoms with Crippen molar-refractivity contribution in [3.05, 3.63) is 48.8 Å². The summed E-state index contributed by atoms with van der Waals surface area (Å²) in [7, 11) is 1.55. The van der Waals surface area contributed by atoms with Gasteiger partial charge in [0.15, 0.2) is 0 Å². The number of hydrogen-bond acceptors (Lipinski definition) is 3. The fourth-order valence-electron chi connectivity index (χ4n) is 2.01. The molecule has 0 amide bonds. The molecule has 20 heavy (non-hydrogen) atoms. The molecule has 1 aromatic carbocycles. The number of nitrogens with one attached hydrogen (secondary N) is 1. The Kier molecular flexibility index (Phi) is 5.60. The lowest BCUT2D eigenvalue weighted by molar-refractivity contribution is 0.400. The first-order valence-electron chi connectivity index (χ1n) is 6.07. The molecular weight excluding hydrogens is 409 g/mol. The minimum atomic E-state index is -0.328. The summed E-state index contributed by atoms with van der Waals surface area (Å²) in [6, 6.07) is 5.15. The van der Waals surface area contributed by atoms with E-state index >= 15 is 0 Å². The van der Waals surface area contributed by atoms with Gasteiger partial charge in [-0.1, -0.05) is 6.92 Å². The van der Waals surface area contributed by atoms with E-state index < -0.39 is 0 Å². The largest absolute Gasteiger partial charge is 0.496 e. The Morgan fingerprint density at radius 3 is 2.65 bits per heavy atom. The molecule has 0 bridgehead atoms. The van der Waals surface area contributed by atoms with Crippen molar-refractivity contribution in [3.63, 3.8) is 0 Å². The Hall–Kier alpha value is -0.430. The van der Waals surface area contributed by atoms with Crippen molar-refractivity contribution in [1.82, 2.24) is 5.32 Å². The van der Waals surface area contributed by atoms with Gasteiger partial charge in [0.05, 0.1) is 17.6 Å². The first-order chi connectivity index (χ1) is 9.58. The van der Waals surface area contributed by atoms with Gasteiger partial charge >= 0.3 is 0 Å². The molecule has 1 unspecified atom stereocenters. The van der Waals surface area contributed by atoms with E-state index in [4.69, 9.17) is 4.74 Å². The lowest BCUT2D eigenvalue weighted by atomic mass is 10.0. The molecule has 0 radical (unpaired) electrons. The number of methoxy groups -OCH3 is 1. The second-order valence-electron chi connectivity index (χ2n) is 4.13. The third kappa shape index (κ3) is 3.24.